The number of nitrogens with zero attached hydrogens (tertiary/aromatic N) is 1. The summed E-state index contributed by atoms with van der Waals surface area (Å²) in [5.41, 5.74) is 5.55. The number of nitrogens with one attached hydrogen (secondary N) is 3. The van der Waals surface area contributed by atoms with Crippen LogP contribution in [0.3, 0.4) is 0 Å². The van der Waals surface area contributed by atoms with E-state index in [2.05, 4.69) is 20.9 Å². The lowest BCUT2D eigenvalue weighted by Gasteiger charge is -2.32. The van der Waals surface area contributed by atoms with Gasteiger partial charge in [-0.2, -0.15) is 0 Å². The van der Waals surface area contributed by atoms with Crippen molar-refractivity contribution in [1.29, 1.82) is 0 Å². The summed E-state index contributed by atoms with van der Waals surface area (Å²) in [5, 5.41) is 8.09. The molecular weight excluding hydrogens is 372 g/mol. The number of aliphatic imine (C=N–C) groups is 1. The number of alkyl halides is 2. The predicted molar refractivity (Wildman–Crippen MR) is 99.7 cm³/mol. The van der Waals surface area contributed by atoms with Crippen LogP contribution in [0.2, 0.25) is 0 Å². The van der Waals surface area contributed by atoms with Gasteiger partial charge in [0.2, 0.25) is 11.6 Å². The highest BCUT2D eigenvalue weighted by Gasteiger charge is 2.38. The molecule has 0 fully saturated rings. The van der Waals surface area contributed by atoms with E-state index >= 15 is 0 Å². The van der Waals surface area contributed by atoms with E-state index in [1.807, 2.05) is 0 Å². The summed E-state index contributed by atoms with van der Waals surface area (Å²) in [5.74, 6) is -0.738. The normalized spacial score (nSPS) is 19.1. The fourth-order valence-corrected chi connectivity index (χ4v) is 2.73. The molecule has 5 N–H and O–H groups in total. The molecule has 1 aliphatic rings. The van der Waals surface area contributed by atoms with Crippen LogP contribution < -0.4 is 26.4 Å². The lowest BCUT2D eigenvalue weighted by molar-refractivity contribution is -0.131. The fraction of sp³-hybridized carbons (Fsp3) is 0.389. The molecule has 1 aromatic rings. The molecule has 10 heteroatoms. The first kappa shape index (κ1) is 21.3. The minimum absolute atomic E-state index is 0.184. The number of carbonyl (C=O) groups is 2. The van der Waals surface area contributed by atoms with Crippen LogP contribution >= 0.6 is 0 Å². The molecule has 0 saturated carbocycles. The summed E-state index contributed by atoms with van der Waals surface area (Å²) in [6.45, 7) is 2.44. The second-order valence-electron chi connectivity index (χ2n) is 6.19. The number of hydrogen-bond donors (Lipinski definition) is 4. The summed E-state index contributed by atoms with van der Waals surface area (Å²) in [4.78, 5) is 28.3. The van der Waals surface area contributed by atoms with Gasteiger partial charge in [0.1, 0.15) is 12.4 Å². The van der Waals surface area contributed by atoms with Crippen molar-refractivity contribution in [2.24, 2.45) is 10.7 Å². The van der Waals surface area contributed by atoms with Crippen molar-refractivity contribution in [3.63, 3.8) is 0 Å². The Labute approximate surface area is 161 Å². The van der Waals surface area contributed by atoms with Crippen molar-refractivity contribution in [3.8, 4) is 5.75 Å². The van der Waals surface area contributed by atoms with Gasteiger partial charge >= 0.3 is 0 Å². The first-order valence-electron chi connectivity index (χ1n) is 8.58. The molecule has 2 rings (SSSR count). The molecule has 8 nitrogen and oxygen atoms in total. The fourth-order valence-electron chi connectivity index (χ4n) is 2.73. The Morgan fingerprint density at radius 1 is 1.39 bits per heavy atom. The van der Waals surface area contributed by atoms with Gasteiger partial charge in [0.15, 0.2) is 0 Å². The molecule has 2 amide bonds. The van der Waals surface area contributed by atoms with E-state index in [4.69, 9.17) is 10.5 Å². The van der Waals surface area contributed by atoms with Gasteiger partial charge in [-0.25, -0.2) is 8.78 Å². The molecule has 1 aromatic carbocycles. The molecule has 0 bridgehead atoms. The third-order valence-corrected chi connectivity index (χ3v) is 4.00. The lowest BCUT2D eigenvalue weighted by Crippen LogP contribution is -2.67. The minimum Gasteiger partial charge on any atom is -0.488 e. The summed E-state index contributed by atoms with van der Waals surface area (Å²) in [7, 11) is 0. The van der Waals surface area contributed by atoms with Crippen molar-refractivity contribution >= 4 is 18.0 Å². The van der Waals surface area contributed by atoms with Gasteiger partial charge in [0, 0.05) is 25.9 Å². The van der Waals surface area contributed by atoms with Crippen LogP contribution in [0.25, 0.3) is 0 Å². The third-order valence-electron chi connectivity index (χ3n) is 4.00. The Balaban J connectivity index is 2.22. The Morgan fingerprint density at radius 2 is 2.14 bits per heavy atom. The highest BCUT2D eigenvalue weighted by atomic mass is 19.3. The molecule has 152 valence electrons. The summed E-state index contributed by atoms with van der Waals surface area (Å²) < 4.78 is 29.8. The number of hydrogen-bond acceptors (Lipinski definition) is 6. The Morgan fingerprint density at radius 3 is 2.71 bits per heavy atom. The van der Waals surface area contributed by atoms with E-state index in [0.29, 0.717) is 5.56 Å². The third kappa shape index (κ3) is 5.26. The SMILES string of the molecule is CC(=O)NC1(C(=O)NC(C)c2cc(OCC(F)F)ccc2CN)C=NC=CN1. The van der Waals surface area contributed by atoms with Gasteiger partial charge in [0.25, 0.3) is 12.3 Å². The molecule has 0 spiro atoms. The summed E-state index contributed by atoms with van der Waals surface area (Å²) in [6.07, 6.45) is 1.55. The first-order valence-corrected chi connectivity index (χ1v) is 8.58. The van der Waals surface area contributed by atoms with E-state index < -0.39 is 36.6 Å². The molecule has 28 heavy (non-hydrogen) atoms. The van der Waals surface area contributed by atoms with Crippen molar-refractivity contribution in [2.75, 3.05) is 6.61 Å². The second kappa shape index (κ2) is 9.27. The van der Waals surface area contributed by atoms with Crippen LogP contribution in [-0.2, 0) is 16.1 Å². The topological polar surface area (TPSA) is 118 Å². The Hall–Kier alpha value is -3.01. The molecule has 0 aromatic heterocycles. The van der Waals surface area contributed by atoms with Crippen LogP contribution in [0.1, 0.15) is 31.0 Å². The monoisotopic (exact) mass is 395 g/mol. The number of carbonyl (C=O) groups excluding carboxylic acids is 2. The molecule has 0 saturated heterocycles. The number of ether oxygens (including phenoxy) is 1. The predicted octanol–water partition coefficient (Wildman–Crippen LogP) is 0.944. The summed E-state index contributed by atoms with van der Waals surface area (Å²) in [6, 6.07) is 4.21. The maximum atomic E-state index is 12.9. The number of rotatable bonds is 8. The molecule has 1 aliphatic heterocycles. The molecule has 1 heterocycles. The standard InChI is InChI=1S/C18H23F2N5O3/c1-11(15-7-14(28-9-16(19)20)4-3-13(15)8-21)24-17(27)18(25-12(2)26)10-22-5-6-23-18/h3-7,10-11,16,23H,8-9,21H2,1-2H3,(H,24,27)(H,25,26). The van der Waals surface area contributed by atoms with Crippen LogP contribution in [0.4, 0.5) is 8.78 Å². The number of amides is 2. The van der Waals surface area contributed by atoms with Crippen molar-refractivity contribution in [2.45, 2.75) is 38.5 Å². The largest absolute Gasteiger partial charge is 0.488 e. The molecule has 0 aliphatic carbocycles. The maximum Gasteiger partial charge on any atom is 0.272 e. The number of halogens is 2. The van der Waals surface area contributed by atoms with Gasteiger partial charge in [-0.15, -0.1) is 0 Å². The zero-order chi connectivity index (χ0) is 20.7. The molecular formula is C18H23F2N5O3. The average molecular weight is 395 g/mol. The van der Waals surface area contributed by atoms with Crippen LogP contribution in [0.5, 0.6) is 5.75 Å². The molecule has 0 radical (unpaired) electrons. The molecule has 2 unspecified atom stereocenters. The van der Waals surface area contributed by atoms with E-state index in [-0.39, 0.29) is 12.3 Å². The van der Waals surface area contributed by atoms with Gasteiger partial charge in [-0.1, -0.05) is 6.07 Å². The Bertz CT molecular complexity index is 784. The number of nitrogens with two attached hydrogens (primary N) is 1. The average Bonchev–Trinajstić information content (AvgIpc) is 2.66. The minimum atomic E-state index is -2.60. The number of benzene rings is 1. The van der Waals surface area contributed by atoms with Crippen molar-refractivity contribution in [3.05, 3.63) is 41.7 Å². The maximum absolute atomic E-state index is 12.9. The van der Waals surface area contributed by atoms with Gasteiger partial charge in [-0.05, 0) is 30.2 Å². The zero-order valence-electron chi connectivity index (χ0n) is 15.5. The van der Waals surface area contributed by atoms with E-state index in [1.54, 1.807) is 25.1 Å². The van der Waals surface area contributed by atoms with Crippen LogP contribution in [0, 0.1) is 0 Å². The van der Waals surface area contributed by atoms with Crippen molar-refractivity contribution in [1.82, 2.24) is 16.0 Å². The van der Waals surface area contributed by atoms with Gasteiger partial charge in [0.05, 0.1) is 12.3 Å². The Kier molecular flexibility index (Phi) is 7.05. The lowest BCUT2D eigenvalue weighted by atomic mass is 10.00. The van der Waals surface area contributed by atoms with Crippen molar-refractivity contribution < 1.29 is 23.1 Å². The second-order valence-corrected chi connectivity index (χ2v) is 6.19. The smallest absolute Gasteiger partial charge is 0.272 e. The molecule has 2 atom stereocenters. The zero-order valence-corrected chi connectivity index (χ0v) is 15.5. The van der Waals surface area contributed by atoms with E-state index in [9.17, 15) is 18.4 Å². The highest BCUT2D eigenvalue weighted by Crippen LogP contribution is 2.24. The van der Waals surface area contributed by atoms with Crippen LogP contribution in [-0.4, -0.2) is 36.7 Å². The van der Waals surface area contributed by atoms with Gasteiger partial charge in [-0.3, -0.25) is 14.6 Å². The van der Waals surface area contributed by atoms with Gasteiger partial charge < -0.3 is 26.4 Å². The highest BCUT2D eigenvalue weighted by molar-refractivity contribution is 6.06. The van der Waals surface area contributed by atoms with E-state index in [0.717, 1.165) is 5.56 Å². The quantitative estimate of drug-likeness (QED) is 0.523. The first-order chi connectivity index (χ1) is 13.3. The summed E-state index contributed by atoms with van der Waals surface area (Å²) >= 11 is 0. The van der Waals surface area contributed by atoms with Crippen LogP contribution in [0.15, 0.2) is 35.6 Å². The van der Waals surface area contributed by atoms with E-state index in [1.165, 1.54) is 25.5 Å².